The van der Waals surface area contributed by atoms with Crippen LogP contribution in [0.4, 0.5) is 5.69 Å². The summed E-state index contributed by atoms with van der Waals surface area (Å²) in [7, 11) is 0. The second kappa shape index (κ2) is 7.23. The van der Waals surface area contributed by atoms with Crippen molar-refractivity contribution in [1.29, 1.82) is 0 Å². The van der Waals surface area contributed by atoms with Gasteiger partial charge in [-0.2, -0.15) is 0 Å². The molecular formula is C19H19ClN2O3. The minimum absolute atomic E-state index is 0.0189. The first kappa shape index (κ1) is 17.4. The Kier molecular flexibility index (Phi) is 5.04. The van der Waals surface area contributed by atoms with Crippen molar-refractivity contribution in [3.05, 3.63) is 74.8 Å². The molecule has 1 atom stereocenters. The van der Waals surface area contributed by atoms with Crippen LogP contribution in [0.3, 0.4) is 0 Å². The number of hydrogen-bond donors (Lipinski definition) is 0. The highest BCUT2D eigenvalue weighted by Gasteiger charge is 2.35. The van der Waals surface area contributed by atoms with Gasteiger partial charge in [-0.15, -0.1) is 0 Å². The first-order valence-corrected chi connectivity index (χ1v) is 8.64. The van der Waals surface area contributed by atoms with Gasteiger partial charge in [0.05, 0.1) is 4.92 Å². The van der Waals surface area contributed by atoms with Crippen molar-refractivity contribution < 1.29 is 9.72 Å². The fraction of sp³-hybridized carbons (Fsp3) is 0.316. The molecule has 0 heterocycles. The van der Waals surface area contributed by atoms with E-state index in [0.29, 0.717) is 18.0 Å². The smallest absolute Gasteiger partial charge is 0.287 e. The van der Waals surface area contributed by atoms with Crippen LogP contribution >= 0.6 is 11.6 Å². The van der Waals surface area contributed by atoms with Crippen molar-refractivity contribution in [1.82, 2.24) is 4.90 Å². The Morgan fingerprint density at radius 3 is 2.52 bits per heavy atom. The Labute approximate surface area is 151 Å². The fourth-order valence-electron chi connectivity index (χ4n) is 2.97. The molecule has 0 bridgehead atoms. The average Bonchev–Trinajstić information content (AvgIpc) is 3.44. The zero-order valence-electron chi connectivity index (χ0n) is 13.9. The van der Waals surface area contributed by atoms with E-state index >= 15 is 0 Å². The average molecular weight is 359 g/mol. The minimum Gasteiger partial charge on any atom is -0.331 e. The Hall–Kier alpha value is -2.40. The van der Waals surface area contributed by atoms with Crippen molar-refractivity contribution in [3.8, 4) is 0 Å². The van der Waals surface area contributed by atoms with Crippen LogP contribution in [0.1, 0.15) is 35.7 Å². The van der Waals surface area contributed by atoms with E-state index in [2.05, 4.69) is 6.92 Å². The number of carbonyl (C=O) groups excluding carboxylic acids is 1. The summed E-state index contributed by atoms with van der Waals surface area (Å²) in [5, 5.41) is 10.9. The first-order chi connectivity index (χ1) is 12.0. The summed E-state index contributed by atoms with van der Waals surface area (Å²) in [4.78, 5) is 25.3. The highest BCUT2D eigenvalue weighted by Crippen LogP contribution is 2.36. The molecule has 6 heteroatoms. The number of halogens is 1. The molecule has 0 aliphatic heterocycles. The summed E-state index contributed by atoms with van der Waals surface area (Å²) in [5.41, 5.74) is 1.23. The maximum atomic E-state index is 13.1. The standard InChI is InChI=1S/C19H19ClN2O3/c1-13(15-7-8-15)21(12-14-5-3-2-4-6-14)19(23)16-9-10-18(22(24)25)17(20)11-16/h2-6,9-11,13,15H,7-8,12H2,1H3. The molecule has 1 saturated carbocycles. The quantitative estimate of drug-likeness (QED) is 0.556. The highest BCUT2D eigenvalue weighted by molar-refractivity contribution is 6.33. The molecule has 5 nitrogen and oxygen atoms in total. The van der Waals surface area contributed by atoms with E-state index in [9.17, 15) is 14.9 Å². The zero-order chi connectivity index (χ0) is 18.0. The van der Waals surface area contributed by atoms with Crippen LogP contribution in [-0.4, -0.2) is 21.8 Å². The molecule has 0 aromatic heterocycles. The van der Waals surface area contributed by atoms with Crippen molar-refractivity contribution >= 4 is 23.2 Å². The van der Waals surface area contributed by atoms with Gasteiger partial charge >= 0.3 is 0 Å². The summed E-state index contributed by atoms with van der Waals surface area (Å²) in [6.45, 7) is 2.57. The Bertz CT molecular complexity index is 791. The van der Waals surface area contributed by atoms with Gasteiger partial charge in [0.15, 0.2) is 0 Å². The third-order valence-electron chi connectivity index (χ3n) is 4.64. The number of carbonyl (C=O) groups is 1. The maximum Gasteiger partial charge on any atom is 0.287 e. The monoisotopic (exact) mass is 358 g/mol. The third-order valence-corrected chi connectivity index (χ3v) is 4.95. The number of amides is 1. The largest absolute Gasteiger partial charge is 0.331 e. The van der Waals surface area contributed by atoms with Crippen LogP contribution in [0, 0.1) is 16.0 Å². The lowest BCUT2D eigenvalue weighted by atomic mass is 10.1. The van der Waals surface area contributed by atoms with Crippen LogP contribution in [0.15, 0.2) is 48.5 Å². The molecule has 0 radical (unpaired) electrons. The third kappa shape index (κ3) is 3.99. The summed E-state index contributed by atoms with van der Waals surface area (Å²) in [6, 6.07) is 14.1. The van der Waals surface area contributed by atoms with Gasteiger partial charge in [-0.3, -0.25) is 14.9 Å². The Morgan fingerprint density at radius 2 is 1.96 bits per heavy atom. The van der Waals surface area contributed by atoms with Crippen LogP contribution in [-0.2, 0) is 6.54 Å². The predicted octanol–water partition coefficient (Wildman–Crippen LogP) is 4.69. The second-order valence-electron chi connectivity index (χ2n) is 6.42. The minimum atomic E-state index is -0.550. The van der Waals surface area contributed by atoms with Crippen molar-refractivity contribution in [3.63, 3.8) is 0 Å². The molecule has 25 heavy (non-hydrogen) atoms. The van der Waals surface area contributed by atoms with Gasteiger partial charge in [0.1, 0.15) is 5.02 Å². The van der Waals surface area contributed by atoms with Crippen LogP contribution < -0.4 is 0 Å². The molecule has 2 aromatic rings. The van der Waals surface area contributed by atoms with Gasteiger partial charge in [-0.05, 0) is 43.4 Å². The van der Waals surface area contributed by atoms with Gasteiger partial charge in [-0.25, -0.2) is 0 Å². The van der Waals surface area contributed by atoms with Gasteiger partial charge < -0.3 is 4.90 Å². The summed E-state index contributed by atoms with van der Waals surface area (Å²) in [6.07, 6.45) is 2.25. The number of nitro groups is 1. The van der Waals surface area contributed by atoms with Crippen molar-refractivity contribution in [2.75, 3.05) is 0 Å². The number of hydrogen-bond acceptors (Lipinski definition) is 3. The van der Waals surface area contributed by atoms with E-state index in [4.69, 9.17) is 11.6 Å². The van der Waals surface area contributed by atoms with E-state index in [1.807, 2.05) is 35.2 Å². The molecule has 1 fully saturated rings. The molecule has 0 N–H and O–H groups in total. The number of nitrogens with zero attached hydrogens (tertiary/aromatic N) is 2. The van der Waals surface area contributed by atoms with Gasteiger partial charge in [0.2, 0.25) is 0 Å². The lowest BCUT2D eigenvalue weighted by molar-refractivity contribution is -0.384. The lowest BCUT2D eigenvalue weighted by Crippen LogP contribution is -2.39. The second-order valence-corrected chi connectivity index (χ2v) is 6.83. The van der Waals surface area contributed by atoms with Gasteiger partial charge in [-0.1, -0.05) is 41.9 Å². The Morgan fingerprint density at radius 1 is 1.28 bits per heavy atom. The molecule has 0 saturated heterocycles. The van der Waals surface area contributed by atoms with Crippen molar-refractivity contribution in [2.24, 2.45) is 5.92 Å². The Balaban J connectivity index is 1.88. The lowest BCUT2D eigenvalue weighted by Gasteiger charge is -2.30. The van der Waals surface area contributed by atoms with E-state index in [1.54, 1.807) is 0 Å². The molecule has 3 rings (SSSR count). The molecular weight excluding hydrogens is 340 g/mol. The number of nitro benzene ring substituents is 1. The van der Waals surface area contributed by atoms with E-state index in [0.717, 1.165) is 18.4 Å². The highest BCUT2D eigenvalue weighted by atomic mass is 35.5. The van der Waals surface area contributed by atoms with E-state index in [-0.39, 0.29) is 22.7 Å². The molecule has 0 spiro atoms. The summed E-state index contributed by atoms with van der Waals surface area (Å²) < 4.78 is 0. The molecule has 1 aliphatic rings. The molecule has 130 valence electrons. The summed E-state index contributed by atoms with van der Waals surface area (Å²) in [5.74, 6) is 0.362. The number of rotatable bonds is 6. The normalized spacial score (nSPS) is 14.8. The van der Waals surface area contributed by atoms with Gasteiger partial charge in [0, 0.05) is 24.2 Å². The molecule has 1 aliphatic carbocycles. The van der Waals surface area contributed by atoms with Crippen LogP contribution in [0.2, 0.25) is 5.02 Å². The van der Waals surface area contributed by atoms with Crippen LogP contribution in [0.25, 0.3) is 0 Å². The SMILES string of the molecule is CC(C1CC1)N(Cc1ccccc1)C(=O)c1ccc([N+](=O)[O-])c(Cl)c1. The molecule has 1 amide bonds. The van der Waals surface area contributed by atoms with Crippen LogP contribution in [0.5, 0.6) is 0 Å². The summed E-state index contributed by atoms with van der Waals surface area (Å²) >= 11 is 5.98. The molecule has 2 aromatic carbocycles. The topological polar surface area (TPSA) is 63.5 Å². The maximum absolute atomic E-state index is 13.1. The predicted molar refractivity (Wildman–Crippen MR) is 96.6 cm³/mol. The van der Waals surface area contributed by atoms with E-state index in [1.165, 1.54) is 18.2 Å². The van der Waals surface area contributed by atoms with Gasteiger partial charge in [0.25, 0.3) is 11.6 Å². The van der Waals surface area contributed by atoms with E-state index < -0.39 is 4.92 Å². The first-order valence-electron chi connectivity index (χ1n) is 8.26. The molecule has 1 unspecified atom stereocenters. The number of benzene rings is 2. The van der Waals surface area contributed by atoms with Crippen molar-refractivity contribution in [2.45, 2.75) is 32.4 Å². The fourth-order valence-corrected chi connectivity index (χ4v) is 3.22. The zero-order valence-corrected chi connectivity index (χ0v) is 14.6.